The maximum atomic E-state index is 6.24. The van der Waals surface area contributed by atoms with Crippen molar-refractivity contribution in [3.8, 4) is 0 Å². The van der Waals surface area contributed by atoms with Gasteiger partial charge in [-0.1, -0.05) is 19.4 Å². The van der Waals surface area contributed by atoms with Crippen LogP contribution in [0.25, 0.3) is 11.0 Å². The Bertz CT molecular complexity index is 499. The summed E-state index contributed by atoms with van der Waals surface area (Å²) in [6, 6.07) is 6.21. The van der Waals surface area contributed by atoms with Gasteiger partial charge >= 0.3 is 0 Å². The van der Waals surface area contributed by atoms with E-state index in [0.29, 0.717) is 12.5 Å². The van der Waals surface area contributed by atoms with Crippen molar-refractivity contribution >= 4 is 11.0 Å². The second-order valence-electron chi connectivity index (χ2n) is 4.53. The predicted molar refractivity (Wildman–Crippen MR) is 70.5 cm³/mol. The zero-order valence-corrected chi connectivity index (χ0v) is 10.4. The van der Waals surface area contributed by atoms with Crippen molar-refractivity contribution in [2.45, 2.75) is 19.4 Å². The molecule has 4 N–H and O–H groups in total. The molecule has 0 amide bonds. The van der Waals surface area contributed by atoms with E-state index in [4.69, 9.17) is 11.5 Å². The average molecular weight is 232 g/mol. The molecular weight excluding hydrogens is 212 g/mol. The van der Waals surface area contributed by atoms with Gasteiger partial charge in [0.2, 0.25) is 0 Å². The van der Waals surface area contributed by atoms with Gasteiger partial charge in [-0.2, -0.15) is 0 Å². The van der Waals surface area contributed by atoms with E-state index < -0.39 is 0 Å². The first-order valence-corrected chi connectivity index (χ1v) is 6.04. The summed E-state index contributed by atoms with van der Waals surface area (Å²) in [6.45, 7) is 2.74. The van der Waals surface area contributed by atoms with Crippen LogP contribution in [0.2, 0.25) is 0 Å². The Kier molecular flexibility index (Phi) is 3.45. The predicted octanol–water partition coefficient (Wildman–Crippen LogP) is 1.56. The topological polar surface area (TPSA) is 69.9 Å². The highest BCUT2D eigenvalue weighted by molar-refractivity contribution is 5.76. The number of hydrogen-bond donors (Lipinski definition) is 2. The Morgan fingerprint density at radius 3 is 2.82 bits per heavy atom. The van der Waals surface area contributed by atoms with E-state index in [0.717, 1.165) is 23.0 Å². The summed E-state index contributed by atoms with van der Waals surface area (Å²) >= 11 is 0. The van der Waals surface area contributed by atoms with Gasteiger partial charge in [-0.25, -0.2) is 4.98 Å². The molecular formula is C13H20N4. The summed E-state index contributed by atoms with van der Waals surface area (Å²) < 4.78 is 2.00. The van der Waals surface area contributed by atoms with Crippen LogP contribution in [0.4, 0.5) is 0 Å². The van der Waals surface area contributed by atoms with Crippen LogP contribution in [0, 0.1) is 5.92 Å². The standard InChI is InChI=1S/C13H20N4/c1-3-9(7-14)13(15)10-4-5-12-11(6-10)16-8-17(12)2/h4-6,8-9,13H,3,7,14-15H2,1-2H3. The van der Waals surface area contributed by atoms with Crippen LogP contribution in [0.5, 0.6) is 0 Å². The smallest absolute Gasteiger partial charge is 0.0955 e. The zero-order chi connectivity index (χ0) is 12.4. The molecule has 0 aliphatic rings. The maximum absolute atomic E-state index is 6.24. The lowest BCUT2D eigenvalue weighted by molar-refractivity contribution is 0.428. The quantitative estimate of drug-likeness (QED) is 0.840. The first-order valence-electron chi connectivity index (χ1n) is 6.04. The van der Waals surface area contributed by atoms with Crippen molar-refractivity contribution in [1.82, 2.24) is 9.55 Å². The first kappa shape index (κ1) is 12.1. The summed E-state index contributed by atoms with van der Waals surface area (Å²) in [5.41, 5.74) is 15.2. The summed E-state index contributed by atoms with van der Waals surface area (Å²) in [5, 5.41) is 0. The minimum Gasteiger partial charge on any atom is -0.334 e. The molecule has 0 saturated heterocycles. The number of fused-ring (bicyclic) bond motifs is 1. The van der Waals surface area contributed by atoms with Gasteiger partial charge in [0, 0.05) is 13.1 Å². The van der Waals surface area contributed by atoms with E-state index in [-0.39, 0.29) is 6.04 Å². The van der Waals surface area contributed by atoms with Gasteiger partial charge in [0.05, 0.1) is 17.4 Å². The number of hydrogen-bond acceptors (Lipinski definition) is 3. The fourth-order valence-corrected chi connectivity index (χ4v) is 2.20. The number of rotatable bonds is 4. The van der Waals surface area contributed by atoms with Crippen LogP contribution in [-0.4, -0.2) is 16.1 Å². The van der Waals surface area contributed by atoms with E-state index in [9.17, 15) is 0 Å². The molecule has 1 aromatic carbocycles. The Hall–Kier alpha value is -1.39. The molecule has 0 aliphatic carbocycles. The van der Waals surface area contributed by atoms with Crippen LogP contribution in [-0.2, 0) is 7.05 Å². The largest absolute Gasteiger partial charge is 0.334 e. The fourth-order valence-electron chi connectivity index (χ4n) is 2.20. The van der Waals surface area contributed by atoms with E-state index in [1.54, 1.807) is 0 Å². The molecule has 4 heteroatoms. The lowest BCUT2D eigenvalue weighted by Crippen LogP contribution is -2.27. The third kappa shape index (κ3) is 2.18. The van der Waals surface area contributed by atoms with Gasteiger partial charge in [0.25, 0.3) is 0 Å². The minimum absolute atomic E-state index is 0.00333. The number of nitrogens with two attached hydrogens (primary N) is 2. The van der Waals surface area contributed by atoms with Crippen LogP contribution >= 0.6 is 0 Å². The molecule has 17 heavy (non-hydrogen) atoms. The average Bonchev–Trinajstić information content (AvgIpc) is 2.72. The number of benzene rings is 1. The molecule has 4 nitrogen and oxygen atoms in total. The maximum Gasteiger partial charge on any atom is 0.0955 e. The van der Waals surface area contributed by atoms with Crippen LogP contribution in [0.1, 0.15) is 24.9 Å². The Morgan fingerprint density at radius 2 is 2.18 bits per heavy atom. The van der Waals surface area contributed by atoms with Crippen molar-refractivity contribution in [2.75, 3.05) is 6.54 Å². The molecule has 0 spiro atoms. The second-order valence-corrected chi connectivity index (χ2v) is 4.53. The summed E-state index contributed by atoms with van der Waals surface area (Å²) in [4.78, 5) is 4.35. The number of nitrogens with zero attached hydrogens (tertiary/aromatic N) is 2. The molecule has 92 valence electrons. The SMILES string of the molecule is CCC(CN)C(N)c1ccc2c(c1)ncn2C. The molecule has 1 heterocycles. The van der Waals surface area contributed by atoms with E-state index >= 15 is 0 Å². The van der Waals surface area contributed by atoms with E-state index in [1.807, 2.05) is 17.9 Å². The molecule has 0 radical (unpaired) electrons. The van der Waals surface area contributed by atoms with Gasteiger partial charge < -0.3 is 16.0 Å². The normalized spacial score (nSPS) is 15.1. The molecule has 1 aromatic heterocycles. The van der Waals surface area contributed by atoms with Crippen molar-refractivity contribution in [3.63, 3.8) is 0 Å². The number of aromatic nitrogens is 2. The summed E-state index contributed by atoms with van der Waals surface area (Å²) in [5.74, 6) is 0.330. The fraction of sp³-hybridized carbons (Fsp3) is 0.462. The molecule has 2 aromatic rings. The summed E-state index contributed by atoms with van der Waals surface area (Å²) in [7, 11) is 1.99. The molecule has 0 aliphatic heterocycles. The summed E-state index contributed by atoms with van der Waals surface area (Å²) in [6.07, 6.45) is 2.82. The number of aryl methyl sites for hydroxylation is 1. The van der Waals surface area contributed by atoms with Crippen molar-refractivity contribution in [2.24, 2.45) is 24.4 Å². The lowest BCUT2D eigenvalue weighted by atomic mass is 9.91. The van der Waals surface area contributed by atoms with Gasteiger partial charge in [-0.3, -0.25) is 0 Å². The highest BCUT2D eigenvalue weighted by Gasteiger charge is 2.17. The van der Waals surface area contributed by atoms with Crippen LogP contribution in [0.3, 0.4) is 0 Å². The van der Waals surface area contributed by atoms with Crippen molar-refractivity contribution < 1.29 is 0 Å². The number of imidazole rings is 1. The van der Waals surface area contributed by atoms with Crippen molar-refractivity contribution in [3.05, 3.63) is 30.1 Å². The zero-order valence-electron chi connectivity index (χ0n) is 10.4. The van der Waals surface area contributed by atoms with Gasteiger partial charge in [0.1, 0.15) is 0 Å². The molecule has 0 saturated carbocycles. The lowest BCUT2D eigenvalue weighted by Gasteiger charge is -2.21. The van der Waals surface area contributed by atoms with Crippen LogP contribution in [0.15, 0.2) is 24.5 Å². The minimum atomic E-state index is -0.00333. The van der Waals surface area contributed by atoms with Gasteiger partial charge in [-0.15, -0.1) is 0 Å². The molecule has 2 rings (SSSR count). The highest BCUT2D eigenvalue weighted by atomic mass is 15.0. The second kappa shape index (κ2) is 4.85. The Balaban J connectivity index is 2.35. The van der Waals surface area contributed by atoms with Crippen molar-refractivity contribution in [1.29, 1.82) is 0 Å². The molecule has 0 fully saturated rings. The third-order valence-corrected chi connectivity index (χ3v) is 3.47. The Labute approximate surface area is 102 Å². The van der Waals surface area contributed by atoms with Crippen LogP contribution < -0.4 is 11.5 Å². The van der Waals surface area contributed by atoms with Gasteiger partial charge in [-0.05, 0) is 30.2 Å². The molecule has 0 bridgehead atoms. The van der Waals surface area contributed by atoms with E-state index in [1.165, 1.54) is 0 Å². The third-order valence-electron chi connectivity index (χ3n) is 3.47. The highest BCUT2D eigenvalue weighted by Crippen LogP contribution is 2.24. The monoisotopic (exact) mass is 232 g/mol. The first-order chi connectivity index (χ1) is 8.17. The molecule has 2 unspecified atom stereocenters. The van der Waals surface area contributed by atoms with Gasteiger partial charge in [0.15, 0.2) is 0 Å². The molecule has 2 atom stereocenters. The van der Waals surface area contributed by atoms with E-state index in [2.05, 4.69) is 30.1 Å². The Morgan fingerprint density at radius 1 is 1.41 bits per heavy atom.